The first-order chi connectivity index (χ1) is 17.4. The third-order valence-electron chi connectivity index (χ3n) is 4.30. The quantitative estimate of drug-likeness (QED) is 0.136. The van der Waals surface area contributed by atoms with Gasteiger partial charge in [-0.3, -0.25) is 29.3 Å². The van der Waals surface area contributed by atoms with E-state index in [0.717, 1.165) is 0 Å². The zero-order chi connectivity index (χ0) is 25.7. The maximum absolute atomic E-state index is 12.3. The van der Waals surface area contributed by atoms with Crippen LogP contribution in [0.25, 0.3) is 0 Å². The van der Waals surface area contributed by atoms with Gasteiger partial charge in [0.2, 0.25) is 11.9 Å². The molecule has 0 unspecified atom stereocenters. The summed E-state index contributed by atoms with van der Waals surface area (Å²) in [5.41, 5.74) is -1.84. The van der Waals surface area contributed by atoms with Crippen molar-refractivity contribution in [3.63, 3.8) is 0 Å². The Hall–Kier alpha value is -8.35. The summed E-state index contributed by atoms with van der Waals surface area (Å²) in [5, 5.41) is 5.28. The summed E-state index contributed by atoms with van der Waals surface area (Å²) in [4.78, 5) is 68.4. The number of nitrogens with one attached hydrogen (secondary N) is 5. The van der Waals surface area contributed by atoms with Crippen LogP contribution in [0.3, 0.4) is 0 Å². The molecular formula is C19H16N11O6Rf3-3. The minimum Gasteiger partial charge on any atom is -0.652 e. The van der Waals surface area contributed by atoms with Gasteiger partial charge in [0, 0.05) is 0 Å². The average Bonchev–Trinajstić information content (AvgIpc) is 2.87. The molecule has 17 nitrogen and oxygen atoms in total. The Kier molecular flexibility index (Phi) is 8.59. The van der Waals surface area contributed by atoms with E-state index in [1.165, 1.54) is 18.6 Å². The molecule has 0 fully saturated rings. The second-order valence-corrected chi connectivity index (χ2v) is 6.63. The van der Waals surface area contributed by atoms with Crippen molar-refractivity contribution in [2.24, 2.45) is 0 Å². The molecule has 0 radical (unpaired) electrons. The Morgan fingerprint density at radius 1 is 0.641 bits per heavy atom. The van der Waals surface area contributed by atoms with Crippen LogP contribution in [0, 0.1) is 21.3 Å². The van der Waals surface area contributed by atoms with Crippen molar-refractivity contribution in [1.29, 1.82) is 0 Å². The maximum Gasteiger partial charge on any atom is 0.293 e. The summed E-state index contributed by atoms with van der Waals surface area (Å²) in [7, 11) is 9.57. The summed E-state index contributed by atoms with van der Waals surface area (Å²) >= 11 is 0. The van der Waals surface area contributed by atoms with E-state index in [-0.39, 0.29) is 59.1 Å². The Morgan fingerprint density at radius 2 is 1.05 bits per heavy atom. The summed E-state index contributed by atoms with van der Waals surface area (Å²) in [6.45, 7) is 0. The third kappa shape index (κ3) is 6.16. The number of hydrogen-bond acceptors (Lipinski definition) is 14. The molecule has 4 aromatic heterocycles. The van der Waals surface area contributed by atoms with Gasteiger partial charge in [-0.15, -0.1) is 0 Å². The minimum atomic E-state index is -0.656. The Morgan fingerprint density at radius 3 is 1.44 bits per heavy atom. The third-order valence-corrected chi connectivity index (χ3v) is 4.30. The first kappa shape index (κ1) is 28.7. The van der Waals surface area contributed by atoms with Crippen LogP contribution in [0.1, 0.15) is 11.5 Å². The zero-order valence-electron chi connectivity index (χ0n) is 20.3. The van der Waals surface area contributed by atoms with Gasteiger partial charge in [0.1, 0.15) is 11.5 Å². The predicted molar refractivity (Wildman–Crippen MR) is 122 cm³/mol. The molecule has 39 heavy (non-hydrogen) atoms. The van der Waals surface area contributed by atoms with E-state index >= 15 is 0 Å². The molecular weight excluding hydrogens is 1280 g/mol. The standard InChI is InChI=1S/C19H16N11O6.3Rf/c1-34-10-5-20-8(15(31)25-10)4-9-23-18(28-13-16(32)26-11(35-2)6-21-13)30-19(24-9)29-14-17(33)27-12(36-3)7-22-14;;;/h5-7H,1-4H2,(H,25,31)(H,26,32)(H,27,33)(H2,21,22,23,24,28,29,30);;;/q-3;;;. The summed E-state index contributed by atoms with van der Waals surface area (Å²) in [5.74, 6) is -0.490. The number of rotatable bonds is 9. The van der Waals surface area contributed by atoms with Gasteiger partial charge in [-0.05, 0) is 0 Å². The van der Waals surface area contributed by atoms with Crippen LogP contribution in [0.2, 0.25) is 0 Å². The van der Waals surface area contributed by atoms with Crippen LogP contribution >= 0.6 is 0 Å². The molecule has 4 rings (SSSR count). The summed E-state index contributed by atoms with van der Waals surface area (Å²) in [6.07, 6.45) is 3.52. The fraction of sp³-hybridized carbons (Fsp3) is 0.0526. The number of ether oxygens (including phenoxy) is 3. The fourth-order valence-electron chi connectivity index (χ4n) is 2.68. The van der Waals surface area contributed by atoms with Gasteiger partial charge in [0.25, 0.3) is 16.7 Å². The number of aromatic amines is 3. The topological polar surface area (TPSA) is 228 Å². The van der Waals surface area contributed by atoms with E-state index in [1.807, 2.05) is 0 Å². The molecule has 0 amide bonds. The van der Waals surface area contributed by atoms with Crippen LogP contribution in [-0.4, -0.2) is 44.9 Å². The molecule has 0 spiro atoms. The van der Waals surface area contributed by atoms with Crippen molar-refractivity contribution in [1.82, 2.24) is 44.9 Å². The molecule has 0 aliphatic rings. The molecule has 0 aromatic carbocycles. The van der Waals surface area contributed by atoms with E-state index < -0.39 is 16.7 Å². The van der Waals surface area contributed by atoms with E-state index in [4.69, 9.17) is 4.74 Å². The van der Waals surface area contributed by atoms with Gasteiger partial charge in [-0.2, -0.15) is 36.3 Å². The van der Waals surface area contributed by atoms with Crippen molar-refractivity contribution in [3.05, 3.63) is 82.5 Å². The molecule has 192 valence electrons. The summed E-state index contributed by atoms with van der Waals surface area (Å²) in [6, 6.07) is 0. The number of H-pyrrole nitrogens is 3. The normalized spacial score (nSPS) is 9.72. The van der Waals surface area contributed by atoms with Crippen molar-refractivity contribution in [2.45, 2.75) is 6.42 Å². The van der Waals surface area contributed by atoms with E-state index in [9.17, 15) is 14.4 Å². The zero-order valence-corrected chi connectivity index (χ0v) is 39.5. The number of anilines is 4. The van der Waals surface area contributed by atoms with Crippen molar-refractivity contribution in [2.75, 3.05) is 10.6 Å². The van der Waals surface area contributed by atoms with Crippen molar-refractivity contribution >= 4 is 23.5 Å². The minimum absolute atomic E-state index is 0. The molecule has 0 saturated heterocycles. The van der Waals surface area contributed by atoms with Crippen molar-refractivity contribution in [3.8, 4) is 17.6 Å². The molecule has 0 aliphatic heterocycles. The van der Waals surface area contributed by atoms with Crippen molar-refractivity contribution < 1.29 is 14.2 Å². The smallest absolute Gasteiger partial charge is 0.293 e. The number of nitrogens with zero attached hydrogens (tertiary/aromatic N) is 6. The first-order valence-corrected chi connectivity index (χ1v) is 9.70. The Balaban J connectivity index is 0.00000253. The summed E-state index contributed by atoms with van der Waals surface area (Å²) < 4.78 is 14.0. The largest absolute Gasteiger partial charge is 0.652 e. The molecule has 0 aliphatic carbocycles. The SMILES string of the molecule is [CH2-]Oc1cnc(Cc2nc(Nc3ncc(O[CH2-])[nH]c3=O)nc(Nc3ncc(O[CH2-])[nH]c3=O)n2)c(=O)[nH]1.[Rf].[Rf].[Rf]. The van der Waals surface area contributed by atoms with Gasteiger partial charge >= 0.3 is 0 Å². The van der Waals surface area contributed by atoms with Crippen LogP contribution in [0.15, 0.2) is 33.0 Å². The monoisotopic (exact) mass is 1300 g/mol. The molecule has 20 heteroatoms. The van der Waals surface area contributed by atoms with E-state index in [2.05, 4.69) is 86.3 Å². The Bertz CT molecular complexity index is 1380. The van der Waals surface area contributed by atoms with E-state index in [0.29, 0.717) is 0 Å². The van der Waals surface area contributed by atoms with Crippen LogP contribution in [-0.2, 0) is 6.42 Å². The first-order valence-electron chi connectivity index (χ1n) is 9.70. The predicted octanol–water partition coefficient (Wildman–Crippen LogP) is -0.289. The van der Waals surface area contributed by atoms with Gasteiger partial charge in [-0.1, -0.05) is 0 Å². The number of aromatic nitrogens is 9. The molecule has 4 aromatic rings. The van der Waals surface area contributed by atoms with Gasteiger partial charge in [0.15, 0.2) is 29.3 Å². The van der Waals surface area contributed by atoms with Crippen LogP contribution in [0.5, 0.6) is 17.6 Å². The number of hydrogen-bond donors (Lipinski definition) is 5. The molecule has 0 atom stereocenters. The molecule has 4 heterocycles. The second-order valence-electron chi connectivity index (χ2n) is 6.63. The van der Waals surface area contributed by atoms with Gasteiger partial charge in [-0.25, -0.2) is 15.0 Å². The van der Waals surface area contributed by atoms with Gasteiger partial charge in [0.05, 0.1) is 25.0 Å². The Labute approximate surface area is 200 Å². The van der Waals surface area contributed by atoms with Crippen LogP contribution in [0.4, 0.5) is 23.5 Å². The second kappa shape index (κ2) is 11.7. The molecule has 0 saturated carbocycles. The van der Waals surface area contributed by atoms with E-state index in [1.54, 1.807) is 0 Å². The molecule has 0 bridgehead atoms. The maximum atomic E-state index is 12.3. The average molecular weight is 1300 g/mol. The van der Waals surface area contributed by atoms with Gasteiger partial charge < -0.3 is 24.8 Å². The van der Waals surface area contributed by atoms with Crippen LogP contribution < -0.4 is 41.5 Å². The fourth-order valence-corrected chi connectivity index (χ4v) is 2.68. The molecule has 5 N–H and O–H groups in total.